The van der Waals surface area contributed by atoms with Crippen LogP contribution in [0.3, 0.4) is 0 Å². The lowest BCUT2D eigenvalue weighted by molar-refractivity contribution is 0.587. The van der Waals surface area contributed by atoms with Crippen molar-refractivity contribution in [1.29, 1.82) is 0 Å². The number of nitrogens with two attached hydrogens (primary N) is 2. The number of rotatable bonds is 7. The number of hydrogen-bond acceptors (Lipinski definition) is 8. The Labute approximate surface area is 195 Å². The van der Waals surface area contributed by atoms with Gasteiger partial charge in [-0.3, -0.25) is 0 Å². The SMILES string of the molecule is C=Nc1c(/C=C\C)c(-c2nc(N)c(/N=N/c3ccccc3)c(N)n2)nn1Cc1ccccc1F. The Morgan fingerprint density at radius 2 is 1.68 bits per heavy atom. The molecule has 4 aromatic rings. The van der Waals surface area contributed by atoms with Crippen LogP contribution in [0.5, 0.6) is 0 Å². The first-order valence-corrected chi connectivity index (χ1v) is 10.4. The van der Waals surface area contributed by atoms with Crippen LogP contribution < -0.4 is 11.5 Å². The number of halogens is 1. The normalized spacial score (nSPS) is 11.5. The lowest BCUT2D eigenvalue weighted by atomic mass is 10.2. The molecule has 0 aliphatic heterocycles. The largest absolute Gasteiger partial charge is 0.382 e. The molecule has 4 N–H and O–H groups in total. The van der Waals surface area contributed by atoms with Crippen molar-refractivity contribution in [2.75, 3.05) is 11.5 Å². The molecule has 0 bridgehead atoms. The highest BCUT2D eigenvalue weighted by Gasteiger charge is 2.21. The Balaban J connectivity index is 1.77. The van der Waals surface area contributed by atoms with Crippen LogP contribution in [-0.4, -0.2) is 26.5 Å². The smallest absolute Gasteiger partial charge is 0.184 e. The molecule has 0 aliphatic rings. The Kier molecular flexibility index (Phi) is 6.49. The van der Waals surface area contributed by atoms with Gasteiger partial charge in [-0.05, 0) is 31.8 Å². The van der Waals surface area contributed by atoms with Crippen LogP contribution in [0.25, 0.3) is 17.6 Å². The highest BCUT2D eigenvalue weighted by Crippen LogP contribution is 2.35. The minimum atomic E-state index is -0.347. The third-order valence-electron chi connectivity index (χ3n) is 4.89. The number of azo groups is 1. The first-order valence-electron chi connectivity index (χ1n) is 10.4. The van der Waals surface area contributed by atoms with Crippen molar-refractivity contribution in [3.8, 4) is 11.5 Å². The molecular weight excluding hydrogens is 433 g/mol. The molecule has 2 aromatic heterocycles. The molecule has 9 nitrogen and oxygen atoms in total. The van der Waals surface area contributed by atoms with Crippen LogP contribution in [0.4, 0.5) is 33.2 Å². The zero-order valence-corrected chi connectivity index (χ0v) is 18.4. The molecule has 0 saturated carbocycles. The van der Waals surface area contributed by atoms with E-state index in [0.29, 0.717) is 28.3 Å². The highest BCUT2D eigenvalue weighted by atomic mass is 19.1. The van der Waals surface area contributed by atoms with Crippen LogP contribution >= 0.6 is 0 Å². The molecule has 0 atom stereocenters. The summed E-state index contributed by atoms with van der Waals surface area (Å²) in [5.74, 6) is 0.361. The van der Waals surface area contributed by atoms with Gasteiger partial charge in [0.05, 0.1) is 12.2 Å². The number of nitrogens with zero attached hydrogens (tertiary/aromatic N) is 7. The van der Waals surface area contributed by atoms with E-state index in [1.165, 1.54) is 10.7 Å². The molecule has 2 heterocycles. The monoisotopic (exact) mass is 455 g/mol. The maximum absolute atomic E-state index is 14.3. The van der Waals surface area contributed by atoms with Gasteiger partial charge in [-0.1, -0.05) is 48.6 Å². The van der Waals surface area contributed by atoms with E-state index in [0.717, 1.165) is 0 Å². The van der Waals surface area contributed by atoms with Gasteiger partial charge >= 0.3 is 0 Å². The molecule has 10 heteroatoms. The summed E-state index contributed by atoms with van der Waals surface area (Å²) in [6.07, 6.45) is 3.61. The lowest BCUT2D eigenvalue weighted by Gasteiger charge is -2.05. The molecule has 0 radical (unpaired) electrons. The maximum Gasteiger partial charge on any atom is 0.184 e. The van der Waals surface area contributed by atoms with E-state index < -0.39 is 0 Å². The summed E-state index contributed by atoms with van der Waals surface area (Å²) in [4.78, 5) is 12.8. The molecule has 0 unspecified atom stereocenters. The standard InChI is InChI=1S/C24H22FN9/c1-3-9-17-19(33-34(24(17)28-2)14-15-10-7-8-13-18(15)25)23-29-21(26)20(22(27)30-23)32-31-16-11-5-4-6-12-16/h3-13H,2,14H2,1H3,(H4,26,27,29,30)/b9-3-,32-31+. The summed E-state index contributed by atoms with van der Waals surface area (Å²) in [5.41, 5.74) is 14.5. The Bertz CT molecular complexity index is 1370. The van der Waals surface area contributed by atoms with Crippen LogP contribution in [0.2, 0.25) is 0 Å². The van der Waals surface area contributed by atoms with Crippen molar-refractivity contribution in [2.24, 2.45) is 15.2 Å². The second kappa shape index (κ2) is 9.82. The first-order chi connectivity index (χ1) is 16.5. The number of nitrogen functional groups attached to an aromatic ring is 2. The maximum atomic E-state index is 14.3. The Morgan fingerprint density at radius 1 is 1.00 bits per heavy atom. The van der Waals surface area contributed by atoms with Crippen molar-refractivity contribution in [3.05, 3.63) is 77.6 Å². The third kappa shape index (κ3) is 4.56. The molecular formula is C24H22FN9. The molecule has 0 spiro atoms. The van der Waals surface area contributed by atoms with E-state index >= 15 is 0 Å². The van der Waals surface area contributed by atoms with Gasteiger partial charge in [-0.15, -0.1) is 5.11 Å². The quantitative estimate of drug-likeness (QED) is 0.281. The zero-order chi connectivity index (χ0) is 24.1. The number of allylic oxidation sites excluding steroid dienone is 1. The Hall–Kier alpha value is -4.73. The zero-order valence-electron chi connectivity index (χ0n) is 18.4. The molecule has 34 heavy (non-hydrogen) atoms. The molecule has 0 fully saturated rings. The van der Waals surface area contributed by atoms with Crippen molar-refractivity contribution >= 4 is 41.6 Å². The van der Waals surface area contributed by atoms with E-state index in [2.05, 4.69) is 37.0 Å². The third-order valence-corrected chi connectivity index (χ3v) is 4.89. The van der Waals surface area contributed by atoms with Crippen LogP contribution in [0.1, 0.15) is 18.1 Å². The fourth-order valence-corrected chi connectivity index (χ4v) is 3.32. The number of aliphatic imine (C=N–C) groups is 1. The van der Waals surface area contributed by atoms with Gasteiger partial charge in [0, 0.05) is 11.1 Å². The first kappa shape index (κ1) is 22.5. The van der Waals surface area contributed by atoms with Gasteiger partial charge < -0.3 is 11.5 Å². The predicted molar refractivity (Wildman–Crippen MR) is 132 cm³/mol. The van der Waals surface area contributed by atoms with Crippen LogP contribution in [-0.2, 0) is 6.54 Å². The van der Waals surface area contributed by atoms with Crippen molar-refractivity contribution in [1.82, 2.24) is 19.7 Å². The molecule has 0 amide bonds. The Morgan fingerprint density at radius 3 is 2.32 bits per heavy atom. The van der Waals surface area contributed by atoms with Gasteiger partial charge in [0.25, 0.3) is 0 Å². The van der Waals surface area contributed by atoms with Gasteiger partial charge in [0.15, 0.2) is 29.0 Å². The summed E-state index contributed by atoms with van der Waals surface area (Å²) < 4.78 is 15.8. The van der Waals surface area contributed by atoms with Gasteiger partial charge in [-0.25, -0.2) is 24.0 Å². The van der Waals surface area contributed by atoms with Crippen molar-refractivity contribution in [2.45, 2.75) is 13.5 Å². The van der Waals surface area contributed by atoms with Crippen molar-refractivity contribution in [3.63, 3.8) is 0 Å². The second-order valence-electron chi connectivity index (χ2n) is 7.19. The van der Waals surface area contributed by atoms with E-state index in [1.807, 2.05) is 31.2 Å². The fourth-order valence-electron chi connectivity index (χ4n) is 3.32. The summed E-state index contributed by atoms with van der Waals surface area (Å²) in [6.45, 7) is 5.64. The van der Waals surface area contributed by atoms with Gasteiger partial charge in [0.2, 0.25) is 0 Å². The number of anilines is 2. The number of benzene rings is 2. The topological polar surface area (TPSA) is 133 Å². The number of hydrogen-bond donors (Lipinski definition) is 2. The number of aromatic nitrogens is 4. The van der Waals surface area contributed by atoms with Gasteiger partial charge in [0.1, 0.15) is 11.5 Å². The summed E-state index contributed by atoms with van der Waals surface area (Å²) in [5, 5.41) is 12.8. The summed E-state index contributed by atoms with van der Waals surface area (Å²) in [6, 6.07) is 15.6. The van der Waals surface area contributed by atoms with E-state index in [1.54, 1.807) is 36.4 Å². The average molecular weight is 456 g/mol. The van der Waals surface area contributed by atoms with E-state index in [4.69, 9.17) is 11.5 Å². The van der Waals surface area contributed by atoms with Crippen LogP contribution in [0, 0.1) is 5.82 Å². The highest BCUT2D eigenvalue weighted by molar-refractivity contribution is 5.79. The average Bonchev–Trinajstić information content (AvgIpc) is 3.17. The fraction of sp³-hybridized carbons (Fsp3) is 0.0833. The second-order valence-corrected chi connectivity index (χ2v) is 7.19. The van der Waals surface area contributed by atoms with Crippen molar-refractivity contribution < 1.29 is 4.39 Å². The summed E-state index contributed by atoms with van der Waals surface area (Å²) in [7, 11) is 0. The van der Waals surface area contributed by atoms with E-state index in [9.17, 15) is 4.39 Å². The lowest BCUT2D eigenvalue weighted by Crippen LogP contribution is -2.05. The molecule has 2 aromatic carbocycles. The molecule has 4 rings (SSSR count). The predicted octanol–water partition coefficient (Wildman–Crippen LogP) is 5.47. The van der Waals surface area contributed by atoms with E-state index in [-0.39, 0.29) is 35.5 Å². The van der Waals surface area contributed by atoms with Crippen LogP contribution in [0.15, 0.2) is 75.9 Å². The minimum Gasteiger partial charge on any atom is -0.382 e. The molecule has 170 valence electrons. The molecule has 0 aliphatic carbocycles. The van der Waals surface area contributed by atoms with Gasteiger partial charge in [-0.2, -0.15) is 10.2 Å². The summed E-state index contributed by atoms with van der Waals surface area (Å²) >= 11 is 0. The molecule has 0 saturated heterocycles. The minimum absolute atomic E-state index is 0.0466.